The van der Waals surface area contributed by atoms with Gasteiger partial charge < -0.3 is 19.7 Å². The van der Waals surface area contributed by atoms with Crippen LogP contribution in [-0.2, 0) is 19.2 Å². The number of nitro benzene ring substituents is 1. The lowest BCUT2D eigenvalue weighted by atomic mass is 9.31. The zero-order valence-corrected chi connectivity index (χ0v) is 21.9. The van der Waals surface area contributed by atoms with Crippen LogP contribution in [0.3, 0.4) is 0 Å². The fourth-order valence-electron chi connectivity index (χ4n) is 5.37. The van der Waals surface area contributed by atoms with Gasteiger partial charge in [-0.3, -0.25) is 14.9 Å². The molecule has 0 radical (unpaired) electrons. The first kappa shape index (κ1) is 31.6. The molecule has 200 valence electrons. The number of amides is 1. The molecule has 0 spiro atoms. The molecule has 3 rings (SSSR count). The van der Waals surface area contributed by atoms with Gasteiger partial charge in [-0.25, -0.2) is 4.99 Å². The summed E-state index contributed by atoms with van der Waals surface area (Å²) in [4.78, 5) is 57.5. The van der Waals surface area contributed by atoms with Crippen molar-refractivity contribution >= 4 is 43.4 Å². The number of allylic oxidation sites excluding steroid dienone is 1. The van der Waals surface area contributed by atoms with Gasteiger partial charge in [-0.1, -0.05) is 63.1 Å². The number of amidine groups is 1. The number of nitrogens with one attached hydrogen (secondary N) is 1. The second kappa shape index (κ2) is 17.1. The summed E-state index contributed by atoms with van der Waals surface area (Å²) in [6, 6.07) is 6.58. The van der Waals surface area contributed by atoms with Crippen molar-refractivity contribution < 1.29 is 24.1 Å². The van der Waals surface area contributed by atoms with E-state index in [0.29, 0.717) is 24.5 Å². The van der Waals surface area contributed by atoms with Gasteiger partial charge >= 0.3 is 0 Å². The molecule has 1 aromatic rings. The predicted octanol–water partition coefficient (Wildman–Crippen LogP) is 5.11. The molecule has 1 amide bonds. The summed E-state index contributed by atoms with van der Waals surface area (Å²) in [7, 11) is 0. The number of non-ortho nitro benzene ring substituents is 1. The number of nitro groups is 1. The van der Waals surface area contributed by atoms with E-state index >= 15 is 0 Å². The van der Waals surface area contributed by atoms with E-state index in [0.717, 1.165) is 31.2 Å². The number of carbonyl (C=O) groups is 4. The number of aliphatic imine (C=N–C) groups is 1. The summed E-state index contributed by atoms with van der Waals surface area (Å²) in [5.41, 5.74) is 0.975. The molecule has 9 nitrogen and oxygen atoms in total. The smallest absolute Gasteiger partial charge is 0.269 e. The monoisotopic (exact) mass is 511 g/mol. The zero-order valence-electron chi connectivity index (χ0n) is 21.9. The fraction of sp³-hybridized carbons (Fsp3) is 0.519. The molecule has 10 heteroatoms. The largest absolute Gasteiger partial charge is 0.315 e. The Kier molecular flexibility index (Phi) is 14.6. The second-order valence-electron chi connectivity index (χ2n) is 9.44. The highest BCUT2D eigenvalue weighted by atomic mass is 16.6. The molecule has 0 aromatic heterocycles. The molecule has 1 aliphatic heterocycles. The van der Waals surface area contributed by atoms with Gasteiger partial charge in [0.1, 0.15) is 19.4 Å². The molecular weight excluding hydrogens is 473 g/mol. The van der Waals surface area contributed by atoms with Gasteiger partial charge in [-0.15, -0.1) is 0 Å². The normalized spacial score (nSPS) is 19.2. The standard InChI is InChI=1S/C25H34BN3O4.2CH2O/c1-3-14-27-18(2)28-25(31)23(15-19-8-5-4-6-9-19)26-13-12-21(17-24(26)30)20-10-7-11-22(16-20)29(32)33;2*1-2/h3,7,10-11,14,16,19,21,23H,4-6,8-9,12-13,15,17H2,1-2H3,(H,27,28,31);2*1H2/b14-3-;;/t21?,23-;;/m0../s1. The number of carbonyl (C=O) groups excluding carboxylic acids is 4. The molecule has 1 aliphatic carbocycles. The first-order valence-electron chi connectivity index (χ1n) is 12.7. The Hall–Kier alpha value is -3.43. The minimum Gasteiger partial charge on any atom is -0.315 e. The van der Waals surface area contributed by atoms with Crippen molar-refractivity contribution in [3.8, 4) is 0 Å². The summed E-state index contributed by atoms with van der Waals surface area (Å²) in [6.07, 6.45) is 11.7. The zero-order chi connectivity index (χ0) is 27.8. The van der Waals surface area contributed by atoms with Gasteiger partial charge in [0.2, 0.25) is 12.6 Å². The minimum absolute atomic E-state index is 0.0370. The van der Waals surface area contributed by atoms with E-state index in [1.165, 1.54) is 25.3 Å². The van der Waals surface area contributed by atoms with E-state index in [9.17, 15) is 19.7 Å². The molecule has 2 aliphatic rings. The second-order valence-corrected chi connectivity index (χ2v) is 9.44. The highest BCUT2D eigenvalue weighted by Gasteiger charge is 2.42. The first-order valence-corrected chi connectivity index (χ1v) is 12.7. The molecular formula is C27H38BN3O6. The molecule has 1 saturated carbocycles. The van der Waals surface area contributed by atoms with Gasteiger partial charge in [0.15, 0.2) is 0 Å². The van der Waals surface area contributed by atoms with Crippen LogP contribution in [0.4, 0.5) is 5.69 Å². The van der Waals surface area contributed by atoms with Crippen molar-refractivity contribution in [2.45, 2.75) is 83.3 Å². The molecule has 1 N–H and O–H groups in total. The van der Waals surface area contributed by atoms with Crippen LogP contribution in [0.2, 0.25) is 12.1 Å². The molecule has 1 saturated heterocycles. The van der Waals surface area contributed by atoms with Crippen molar-refractivity contribution in [3.05, 3.63) is 52.2 Å². The molecule has 1 unspecified atom stereocenters. The minimum atomic E-state index is -0.404. The van der Waals surface area contributed by atoms with Crippen molar-refractivity contribution in [3.63, 3.8) is 0 Å². The van der Waals surface area contributed by atoms with E-state index < -0.39 is 4.92 Å². The molecule has 1 aromatic carbocycles. The van der Waals surface area contributed by atoms with Crippen LogP contribution in [0, 0.1) is 16.0 Å². The summed E-state index contributed by atoms with van der Waals surface area (Å²) >= 11 is 0. The van der Waals surface area contributed by atoms with Crippen molar-refractivity contribution in [2.75, 3.05) is 0 Å². The van der Waals surface area contributed by atoms with Crippen molar-refractivity contribution in [2.24, 2.45) is 10.9 Å². The van der Waals surface area contributed by atoms with Crippen LogP contribution in [0.15, 0.2) is 41.5 Å². The van der Waals surface area contributed by atoms with Crippen LogP contribution < -0.4 is 5.32 Å². The van der Waals surface area contributed by atoms with Gasteiger partial charge in [-0.05, 0) is 37.7 Å². The van der Waals surface area contributed by atoms with Crippen LogP contribution in [0.5, 0.6) is 0 Å². The lowest BCUT2D eigenvalue weighted by molar-refractivity contribution is -0.384. The average Bonchev–Trinajstić information content (AvgIpc) is 2.93. The quantitative estimate of drug-likeness (QED) is 0.178. The Bertz CT molecular complexity index is 959. The van der Waals surface area contributed by atoms with Gasteiger partial charge in [0.25, 0.3) is 5.69 Å². The molecule has 0 bridgehead atoms. The van der Waals surface area contributed by atoms with E-state index in [-0.39, 0.29) is 35.7 Å². The maximum Gasteiger partial charge on any atom is 0.269 e. The SMILES string of the molecule is C/C=C\N=C(C)NC(=O)[C@H](CC1CCCCC1)B1CCC(c2cccc([N+](=O)[O-])c2)CC1=O.C=O.C=O. The van der Waals surface area contributed by atoms with E-state index in [2.05, 4.69) is 10.3 Å². The Labute approximate surface area is 219 Å². The third-order valence-corrected chi connectivity index (χ3v) is 7.10. The fourth-order valence-corrected chi connectivity index (χ4v) is 5.37. The Morgan fingerprint density at radius 3 is 2.49 bits per heavy atom. The molecule has 2 fully saturated rings. The number of rotatable bonds is 7. The van der Waals surface area contributed by atoms with Gasteiger partial charge in [0.05, 0.1) is 10.6 Å². The van der Waals surface area contributed by atoms with Crippen LogP contribution >= 0.6 is 0 Å². The third-order valence-electron chi connectivity index (χ3n) is 7.10. The van der Waals surface area contributed by atoms with Crippen LogP contribution in [0.25, 0.3) is 0 Å². The van der Waals surface area contributed by atoms with Crippen molar-refractivity contribution in [1.82, 2.24) is 5.32 Å². The maximum absolute atomic E-state index is 13.3. The summed E-state index contributed by atoms with van der Waals surface area (Å²) in [6.45, 7) is 7.32. The molecule has 2 atom stereocenters. The highest BCUT2D eigenvalue weighted by molar-refractivity contribution is 6.93. The van der Waals surface area contributed by atoms with Crippen molar-refractivity contribution in [1.29, 1.82) is 0 Å². The Morgan fingerprint density at radius 2 is 1.89 bits per heavy atom. The highest BCUT2D eigenvalue weighted by Crippen LogP contribution is 2.39. The number of hydrogen-bond acceptors (Lipinski definition) is 7. The van der Waals surface area contributed by atoms with Gasteiger partial charge in [-0.2, -0.15) is 0 Å². The average molecular weight is 511 g/mol. The van der Waals surface area contributed by atoms with Gasteiger partial charge in [0, 0.05) is 30.6 Å². The molecule has 1 heterocycles. The lowest BCUT2D eigenvalue weighted by Gasteiger charge is -2.33. The first-order chi connectivity index (χ1) is 17.9. The maximum atomic E-state index is 13.3. The number of hydrogen-bond donors (Lipinski definition) is 1. The number of benzene rings is 1. The Balaban J connectivity index is 0.00000163. The van der Waals surface area contributed by atoms with Crippen LogP contribution in [0.1, 0.15) is 76.7 Å². The van der Waals surface area contributed by atoms with E-state index in [1.807, 2.05) is 26.6 Å². The summed E-state index contributed by atoms with van der Waals surface area (Å²) in [5, 5.41) is 14.1. The predicted molar refractivity (Wildman–Crippen MR) is 146 cm³/mol. The third kappa shape index (κ3) is 9.86. The lowest BCUT2D eigenvalue weighted by Crippen LogP contribution is -2.45. The topological polar surface area (TPSA) is 136 Å². The van der Waals surface area contributed by atoms with E-state index in [4.69, 9.17) is 9.59 Å². The summed E-state index contributed by atoms with van der Waals surface area (Å²) < 4.78 is 0. The number of nitrogens with zero attached hydrogens (tertiary/aromatic N) is 2. The van der Waals surface area contributed by atoms with E-state index in [1.54, 1.807) is 31.3 Å². The Morgan fingerprint density at radius 1 is 1.22 bits per heavy atom. The summed E-state index contributed by atoms with van der Waals surface area (Å²) in [5.74, 6) is 0.500. The molecule has 37 heavy (non-hydrogen) atoms. The van der Waals surface area contributed by atoms with Crippen LogP contribution in [-0.4, -0.2) is 42.6 Å².